The molecule has 0 aromatic rings. The maximum absolute atomic E-state index is 3.49. The normalized spacial score (nSPS) is 23.2. The van der Waals surface area contributed by atoms with Gasteiger partial charge in [0.2, 0.25) is 0 Å². The number of hydrogen-bond donors (Lipinski definition) is 1. The van der Waals surface area contributed by atoms with E-state index in [0.29, 0.717) is 0 Å². The summed E-state index contributed by atoms with van der Waals surface area (Å²) in [7, 11) is 0. The fourth-order valence-corrected chi connectivity index (χ4v) is 2.02. The van der Waals surface area contributed by atoms with Gasteiger partial charge < -0.3 is 5.32 Å². The molecule has 2 heterocycles. The van der Waals surface area contributed by atoms with Crippen LogP contribution in [0.2, 0.25) is 0 Å². The molecule has 0 aromatic heterocycles. The van der Waals surface area contributed by atoms with E-state index in [2.05, 4.69) is 37.5 Å². The second-order valence-corrected chi connectivity index (χ2v) is 3.71. The molecule has 0 saturated heterocycles. The van der Waals surface area contributed by atoms with E-state index in [1.165, 1.54) is 24.2 Å². The number of halogens is 1. The molecule has 2 nitrogen and oxygen atoms in total. The number of hydrogen-bond acceptors (Lipinski definition) is 2. The lowest BCUT2D eigenvalue weighted by molar-refractivity contribution is 0.517. The van der Waals surface area contributed by atoms with Gasteiger partial charge in [-0.15, -0.1) is 0 Å². The molecule has 0 aliphatic carbocycles. The summed E-state index contributed by atoms with van der Waals surface area (Å²) in [5.41, 5.74) is 1.43. The van der Waals surface area contributed by atoms with E-state index in [-0.39, 0.29) is 0 Å². The quantitative estimate of drug-likeness (QED) is 0.619. The first-order valence-corrected chi connectivity index (χ1v) is 4.66. The summed E-state index contributed by atoms with van der Waals surface area (Å²) in [5.74, 6) is 1.26. The lowest BCUT2D eigenvalue weighted by Gasteiger charge is -2.29. The van der Waals surface area contributed by atoms with Crippen molar-refractivity contribution < 1.29 is 0 Å². The van der Waals surface area contributed by atoms with E-state index in [1.807, 2.05) is 0 Å². The van der Waals surface area contributed by atoms with Gasteiger partial charge in [-0.25, -0.2) is 0 Å². The van der Waals surface area contributed by atoms with Crippen molar-refractivity contribution in [2.45, 2.75) is 12.8 Å². The predicted molar refractivity (Wildman–Crippen MR) is 49.0 cm³/mol. The summed E-state index contributed by atoms with van der Waals surface area (Å²) in [6, 6.07) is 0. The van der Waals surface area contributed by atoms with Gasteiger partial charge in [0.05, 0.1) is 16.1 Å². The van der Waals surface area contributed by atoms with Crippen molar-refractivity contribution in [1.82, 2.24) is 9.24 Å². The van der Waals surface area contributed by atoms with Gasteiger partial charge in [-0.05, 0) is 18.4 Å². The summed E-state index contributed by atoms with van der Waals surface area (Å²) in [6.45, 7) is 2.07. The zero-order valence-electron chi connectivity index (χ0n) is 6.31. The first-order valence-electron chi connectivity index (χ1n) is 3.95. The Labute approximate surface area is 75.3 Å². The molecule has 0 spiro atoms. The average Bonchev–Trinajstić information content (AvgIpc) is 2.06. The Kier molecular flexibility index (Phi) is 1.90. The van der Waals surface area contributed by atoms with E-state index < -0.39 is 0 Å². The number of nitrogens with zero attached hydrogens (tertiary/aromatic N) is 1. The van der Waals surface area contributed by atoms with Crippen LogP contribution in [0, 0.1) is 0 Å². The second-order valence-electron chi connectivity index (χ2n) is 2.85. The van der Waals surface area contributed by atoms with Crippen LogP contribution >= 0.6 is 16.1 Å². The minimum atomic E-state index is 0.964. The Morgan fingerprint density at radius 3 is 3.27 bits per heavy atom. The highest BCUT2D eigenvalue weighted by molar-refractivity contribution is 9.07. The maximum atomic E-state index is 3.49. The summed E-state index contributed by atoms with van der Waals surface area (Å²) < 4.78 is 2.08. The summed E-state index contributed by atoms with van der Waals surface area (Å²) in [4.78, 5) is 0. The third-order valence-corrected chi connectivity index (χ3v) is 2.69. The Balaban J connectivity index is 2.27. The van der Waals surface area contributed by atoms with Crippen molar-refractivity contribution >= 4 is 16.1 Å². The van der Waals surface area contributed by atoms with Crippen LogP contribution in [0.15, 0.2) is 23.5 Å². The topological polar surface area (TPSA) is 15.3 Å². The van der Waals surface area contributed by atoms with Crippen LogP contribution < -0.4 is 5.32 Å². The van der Waals surface area contributed by atoms with Crippen molar-refractivity contribution in [2.24, 2.45) is 0 Å². The molecular formula is C8H11BrN2. The van der Waals surface area contributed by atoms with Crippen LogP contribution in [-0.2, 0) is 0 Å². The molecule has 60 valence electrons. The molecule has 0 saturated carbocycles. The molecule has 0 radical (unpaired) electrons. The first-order chi connectivity index (χ1) is 5.38. The molecule has 0 bridgehead atoms. The highest BCUT2D eigenvalue weighted by atomic mass is 79.9. The van der Waals surface area contributed by atoms with E-state index >= 15 is 0 Å². The van der Waals surface area contributed by atoms with E-state index in [1.54, 1.807) is 0 Å². The Morgan fingerprint density at radius 1 is 1.55 bits per heavy atom. The minimum Gasteiger partial charge on any atom is -0.371 e. The van der Waals surface area contributed by atoms with Gasteiger partial charge in [0, 0.05) is 13.1 Å². The standard InChI is InChI=1S/C8H11BrN2/c9-11-6-2-4-7-3-1-5-10-8(7)11/h2,4,10H,1,3,5-6H2. The molecule has 11 heavy (non-hydrogen) atoms. The van der Waals surface area contributed by atoms with Gasteiger partial charge in [-0.1, -0.05) is 12.2 Å². The Bertz CT molecular complexity index is 220. The van der Waals surface area contributed by atoms with Crippen LogP contribution in [-0.4, -0.2) is 17.0 Å². The molecule has 0 fully saturated rings. The molecule has 3 heteroatoms. The molecule has 0 aromatic carbocycles. The first kappa shape index (κ1) is 7.22. The predicted octanol–water partition coefficient (Wildman–Crippen LogP) is 1.76. The number of allylic oxidation sites excluding steroid dienone is 2. The monoisotopic (exact) mass is 214 g/mol. The van der Waals surface area contributed by atoms with Crippen molar-refractivity contribution in [3.8, 4) is 0 Å². The molecule has 0 unspecified atom stereocenters. The van der Waals surface area contributed by atoms with Gasteiger partial charge in [0.1, 0.15) is 5.82 Å². The highest BCUT2D eigenvalue weighted by Crippen LogP contribution is 2.24. The minimum absolute atomic E-state index is 0.964. The van der Waals surface area contributed by atoms with Crippen molar-refractivity contribution in [3.05, 3.63) is 23.5 Å². The van der Waals surface area contributed by atoms with Gasteiger partial charge in [-0.3, -0.25) is 3.93 Å². The van der Waals surface area contributed by atoms with Crippen molar-refractivity contribution in [1.29, 1.82) is 0 Å². The fourth-order valence-electron chi connectivity index (χ4n) is 1.50. The molecule has 0 atom stereocenters. The summed E-state index contributed by atoms with van der Waals surface area (Å²) >= 11 is 3.49. The van der Waals surface area contributed by atoms with Crippen LogP contribution in [0.1, 0.15) is 12.8 Å². The van der Waals surface area contributed by atoms with Crippen LogP contribution in [0.5, 0.6) is 0 Å². The van der Waals surface area contributed by atoms with Crippen LogP contribution in [0.4, 0.5) is 0 Å². The smallest absolute Gasteiger partial charge is 0.115 e. The van der Waals surface area contributed by atoms with E-state index in [4.69, 9.17) is 0 Å². The summed E-state index contributed by atoms with van der Waals surface area (Å²) in [6.07, 6.45) is 6.87. The number of nitrogens with one attached hydrogen (secondary N) is 1. The molecular weight excluding hydrogens is 204 g/mol. The van der Waals surface area contributed by atoms with Crippen molar-refractivity contribution in [2.75, 3.05) is 13.1 Å². The third kappa shape index (κ3) is 1.29. The van der Waals surface area contributed by atoms with Crippen molar-refractivity contribution in [3.63, 3.8) is 0 Å². The zero-order chi connectivity index (χ0) is 7.68. The molecule has 2 rings (SSSR count). The lowest BCUT2D eigenvalue weighted by Crippen LogP contribution is -2.32. The maximum Gasteiger partial charge on any atom is 0.115 e. The SMILES string of the molecule is BrN1CC=CC2=C1NCCC2. The van der Waals surface area contributed by atoms with E-state index in [9.17, 15) is 0 Å². The highest BCUT2D eigenvalue weighted by Gasteiger charge is 2.16. The fraction of sp³-hybridized carbons (Fsp3) is 0.500. The second kappa shape index (κ2) is 2.89. The zero-order valence-corrected chi connectivity index (χ0v) is 7.89. The lowest BCUT2D eigenvalue weighted by atomic mass is 10.0. The average molecular weight is 215 g/mol. The molecule has 1 N–H and O–H groups in total. The van der Waals surface area contributed by atoms with E-state index in [0.717, 1.165) is 13.1 Å². The molecule has 2 aliphatic rings. The molecule has 2 aliphatic heterocycles. The molecule has 0 amide bonds. The van der Waals surface area contributed by atoms with Gasteiger partial charge >= 0.3 is 0 Å². The Morgan fingerprint density at radius 2 is 2.45 bits per heavy atom. The Hall–Kier alpha value is -0.440. The largest absolute Gasteiger partial charge is 0.371 e. The third-order valence-electron chi connectivity index (χ3n) is 2.05. The van der Waals surface area contributed by atoms with Crippen LogP contribution in [0.25, 0.3) is 0 Å². The summed E-state index contributed by atoms with van der Waals surface area (Å²) in [5, 5.41) is 3.38. The van der Waals surface area contributed by atoms with Gasteiger partial charge in [0.25, 0.3) is 0 Å². The number of rotatable bonds is 0. The van der Waals surface area contributed by atoms with Gasteiger partial charge in [0.15, 0.2) is 0 Å². The van der Waals surface area contributed by atoms with Gasteiger partial charge in [-0.2, -0.15) is 0 Å². The van der Waals surface area contributed by atoms with Crippen LogP contribution in [0.3, 0.4) is 0 Å².